The lowest BCUT2D eigenvalue weighted by Gasteiger charge is -2.12. The van der Waals surface area contributed by atoms with E-state index in [-0.39, 0.29) is 12.2 Å². The molecule has 0 saturated heterocycles. The Morgan fingerprint density at radius 1 is 1.03 bits per heavy atom. The van der Waals surface area contributed by atoms with Gasteiger partial charge in [0.15, 0.2) is 0 Å². The molecule has 29 heavy (non-hydrogen) atoms. The number of halogens is 1. The molecule has 0 atom stereocenters. The molecule has 4 rings (SSSR count). The summed E-state index contributed by atoms with van der Waals surface area (Å²) in [5, 5.41) is 4.44. The number of amides is 1. The van der Waals surface area contributed by atoms with Gasteiger partial charge in [0, 0.05) is 5.69 Å². The van der Waals surface area contributed by atoms with E-state index in [0.29, 0.717) is 15.9 Å². The van der Waals surface area contributed by atoms with Crippen molar-refractivity contribution in [2.24, 2.45) is 0 Å². The largest absolute Gasteiger partial charge is 0.336 e. The number of aryl methyl sites for hydroxylation is 1. The molecule has 0 saturated carbocycles. The van der Waals surface area contributed by atoms with Crippen LogP contribution in [-0.2, 0) is 11.3 Å². The van der Waals surface area contributed by atoms with Crippen LogP contribution < -0.4 is 16.6 Å². The van der Waals surface area contributed by atoms with Gasteiger partial charge in [-0.25, -0.2) is 13.8 Å². The van der Waals surface area contributed by atoms with Gasteiger partial charge in [-0.3, -0.25) is 14.2 Å². The first-order chi connectivity index (χ1) is 13.9. The molecule has 0 aliphatic heterocycles. The summed E-state index contributed by atoms with van der Waals surface area (Å²) in [6.45, 7) is 1.68. The van der Waals surface area contributed by atoms with Crippen LogP contribution in [0.4, 0.5) is 10.1 Å². The third-order valence-electron chi connectivity index (χ3n) is 4.48. The summed E-state index contributed by atoms with van der Waals surface area (Å²) in [5.41, 5.74) is 1.15. The van der Waals surface area contributed by atoms with E-state index in [9.17, 15) is 18.8 Å². The van der Waals surface area contributed by atoms with E-state index >= 15 is 0 Å². The Labute approximate surface area is 168 Å². The number of nitrogens with one attached hydrogen (secondary N) is 1. The SMILES string of the molecule is Cc1ccc(NC(=O)Cn2c(=O)n(-c3ccc(F)cc3)c(=O)c3sccc32)cc1. The molecule has 0 radical (unpaired) electrons. The van der Waals surface area contributed by atoms with Gasteiger partial charge in [0.1, 0.15) is 17.1 Å². The lowest BCUT2D eigenvalue weighted by molar-refractivity contribution is -0.116. The number of hydrogen-bond acceptors (Lipinski definition) is 4. The molecule has 0 aliphatic rings. The van der Waals surface area contributed by atoms with Crippen LogP contribution in [0.3, 0.4) is 0 Å². The fourth-order valence-corrected chi connectivity index (χ4v) is 3.86. The van der Waals surface area contributed by atoms with Crippen molar-refractivity contribution in [2.45, 2.75) is 13.5 Å². The molecule has 4 aromatic rings. The third kappa shape index (κ3) is 3.62. The Hall–Kier alpha value is -3.52. The molecule has 2 aromatic carbocycles. The number of fused-ring (bicyclic) bond motifs is 1. The zero-order valence-corrected chi connectivity index (χ0v) is 16.2. The predicted molar refractivity (Wildman–Crippen MR) is 111 cm³/mol. The second-order valence-electron chi connectivity index (χ2n) is 6.53. The number of carbonyl (C=O) groups is 1. The van der Waals surface area contributed by atoms with E-state index < -0.39 is 23.0 Å². The van der Waals surface area contributed by atoms with Crippen molar-refractivity contribution in [3.05, 3.63) is 92.2 Å². The Morgan fingerprint density at radius 3 is 2.41 bits per heavy atom. The number of carbonyl (C=O) groups excluding carboxylic acids is 1. The van der Waals surface area contributed by atoms with Gasteiger partial charge < -0.3 is 5.32 Å². The molecule has 8 heteroatoms. The van der Waals surface area contributed by atoms with Crippen LogP contribution in [0.2, 0.25) is 0 Å². The molecule has 0 bridgehead atoms. The fourth-order valence-electron chi connectivity index (χ4n) is 3.04. The van der Waals surface area contributed by atoms with E-state index in [1.54, 1.807) is 23.6 Å². The Kier molecular flexibility index (Phi) is 4.85. The van der Waals surface area contributed by atoms with Crippen LogP contribution in [0.5, 0.6) is 0 Å². The average molecular weight is 409 g/mol. The third-order valence-corrected chi connectivity index (χ3v) is 5.37. The van der Waals surface area contributed by atoms with Crippen LogP contribution in [0, 0.1) is 12.7 Å². The van der Waals surface area contributed by atoms with Gasteiger partial charge in [-0.1, -0.05) is 17.7 Å². The monoisotopic (exact) mass is 409 g/mol. The minimum atomic E-state index is -0.661. The van der Waals surface area contributed by atoms with Crippen molar-refractivity contribution in [1.29, 1.82) is 0 Å². The minimum absolute atomic E-state index is 0.240. The summed E-state index contributed by atoms with van der Waals surface area (Å²) in [7, 11) is 0. The summed E-state index contributed by atoms with van der Waals surface area (Å²) in [6, 6.07) is 14.0. The molecule has 2 heterocycles. The van der Waals surface area contributed by atoms with E-state index in [1.165, 1.54) is 40.2 Å². The Morgan fingerprint density at radius 2 is 1.72 bits per heavy atom. The van der Waals surface area contributed by atoms with Gasteiger partial charge in [0.25, 0.3) is 5.56 Å². The van der Waals surface area contributed by atoms with Crippen LogP contribution >= 0.6 is 11.3 Å². The summed E-state index contributed by atoms with van der Waals surface area (Å²) in [5.74, 6) is -0.871. The van der Waals surface area contributed by atoms with Crippen molar-refractivity contribution in [1.82, 2.24) is 9.13 Å². The number of nitrogens with zero attached hydrogens (tertiary/aromatic N) is 2. The van der Waals surface area contributed by atoms with Crippen LogP contribution in [-0.4, -0.2) is 15.0 Å². The van der Waals surface area contributed by atoms with Gasteiger partial charge >= 0.3 is 5.69 Å². The quantitative estimate of drug-likeness (QED) is 0.562. The molecular weight excluding hydrogens is 393 g/mol. The van der Waals surface area contributed by atoms with Gasteiger partial charge in [0.05, 0.1) is 11.2 Å². The molecule has 0 fully saturated rings. The summed E-state index contributed by atoms with van der Waals surface area (Å²) in [4.78, 5) is 38.5. The minimum Gasteiger partial charge on any atom is -0.325 e. The highest BCUT2D eigenvalue weighted by atomic mass is 32.1. The number of thiophene rings is 1. The van der Waals surface area contributed by atoms with Gasteiger partial charge in [0.2, 0.25) is 5.91 Å². The first-order valence-corrected chi connectivity index (χ1v) is 9.67. The lowest BCUT2D eigenvalue weighted by Crippen LogP contribution is -2.40. The number of rotatable bonds is 4. The van der Waals surface area contributed by atoms with Crippen LogP contribution in [0.15, 0.2) is 69.6 Å². The Bertz CT molecular complexity index is 1320. The van der Waals surface area contributed by atoms with E-state index in [2.05, 4.69) is 5.32 Å². The summed E-state index contributed by atoms with van der Waals surface area (Å²) >= 11 is 1.18. The van der Waals surface area contributed by atoms with Gasteiger partial charge in [-0.2, -0.15) is 0 Å². The zero-order chi connectivity index (χ0) is 20.5. The predicted octanol–water partition coefficient (Wildman–Crippen LogP) is 3.30. The zero-order valence-electron chi connectivity index (χ0n) is 15.4. The van der Waals surface area contributed by atoms with Crippen molar-refractivity contribution >= 4 is 33.1 Å². The second kappa shape index (κ2) is 7.48. The molecule has 146 valence electrons. The molecule has 6 nitrogen and oxygen atoms in total. The van der Waals surface area contributed by atoms with Crippen molar-refractivity contribution in [3.8, 4) is 5.69 Å². The highest BCUT2D eigenvalue weighted by Gasteiger charge is 2.17. The normalized spacial score (nSPS) is 11.0. The molecule has 0 spiro atoms. The maximum absolute atomic E-state index is 13.3. The van der Waals surface area contributed by atoms with E-state index in [0.717, 1.165) is 10.1 Å². The van der Waals surface area contributed by atoms with E-state index in [4.69, 9.17) is 0 Å². The molecule has 1 amide bonds. The molecule has 0 unspecified atom stereocenters. The van der Waals surface area contributed by atoms with Gasteiger partial charge in [-0.15, -0.1) is 11.3 Å². The number of aromatic nitrogens is 2. The summed E-state index contributed by atoms with van der Waals surface area (Å²) < 4.78 is 15.8. The second-order valence-corrected chi connectivity index (χ2v) is 7.45. The maximum atomic E-state index is 13.3. The molecule has 2 aromatic heterocycles. The first-order valence-electron chi connectivity index (χ1n) is 8.79. The standard InChI is InChI=1S/C21H16FN3O3S/c1-13-2-6-15(7-3-13)23-18(26)12-24-17-10-11-29-19(17)20(27)25(21(24)28)16-8-4-14(22)5-9-16/h2-11H,12H2,1H3,(H,23,26). The number of benzene rings is 2. The molecule has 0 aliphatic carbocycles. The smallest absolute Gasteiger partial charge is 0.325 e. The molecular formula is C21H16FN3O3S. The average Bonchev–Trinajstić information content (AvgIpc) is 3.19. The van der Waals surface area contributed by atoms with Crippen LogP contribution in [0.1, 0.15) is 5.56 Å². The fraction of sp³-hybridized carbons (Fsp3) is 0.0952. The lowest BCUT2D eigenvalue weighted by atomic mass is 10.2. The van der Waals surface area contributed by atoms with Gasteiger partial charge in [-0.05, 0) is 54.8 Å². The highest BCUT2D eigenvalue weighted by Crippen LogP contribution is 2.17. The van der Waals surface area contributed by atoms with Crippen molar-refractivity contribution in [2.75, 3.05) is 5.32 Å². The van der Waals surface area contributed by atoms with Crippen LogP contribution in [0.25, 0.3) is 15.9 Å². The van der Waals surface area contributed by atoms with E-state index in [1.807, 2.05) is 19.1 Å². The molecule has 1 N–H and O–H groups in total. The topological polar surface area (TPSA) is 73.1 Å². The number of anilines is 1. The highest BCUT2D eigenvalue weighted by molar-refractivity contribution is 7.17. The first kappa shape index (κ1) is 18.8. The number of hydrogen-bond donors (Lipinski definition) is 1. The summed E-state index contributed by atoms with van der Waals surface area (Å²) in [6.07, 6.45) is 0. The van der Waals surface area contributed by atoms with Crippen molar-refractivity contribution < 1.29 is 9.18 Å². The maximum Gasteiger partial charge on any atom is 0.336 e. The van der Waals surface area contributed by atoms with Crippen molar-refractivity contribution in [3.63, 3.8) is 0 Å². The Balaban J connectivity index is 1.77.